The number of hydrogen-bond acceptors (Lipinski definition) is 1. The Hall–Kier alpha value is -1.28. The molecule has 2 rings (SSSR count). The van der Waals surface area contributed by atoms with Gasteiger partial charge in [-0.25, -0.2) is 4.57 Å². The minimum Gasteiger partial charge on any atom is -0.201 e. The first kappa shape index (κ1) is 11.2. The van der Waals surface area contributed by atoms with Gasteiger partial charge in [-0.3, -0.25) is 0 Å². The summed E-state index contributed by atoms with van der Waals surface area (Å²) in [6.45, 7) is 3.12. The van der Waals surface area contributed by atoms with Crippen molar-refractivity contribution >= 4 is 11.8 Å². The molecule has 1 heterocycles. The molecule has 0 atom stereocenters. The van der Waals surface area contributed by atoms with Crippen LogP contribution < -0.4 is 4.57 Å². The summed E-state index contributed by atoms with van der Waals surface area (Å²) in [5, 5.41) is 0. The Morgan fingerprint density at radius 2 is 1.69 bits per heavy atom. The predicted octanol–water partition coefficient (Wildman–Crippen LogP) is 3.13. The summed E-state index contributed by atoms with van der Waals surface area (Å²) < 4.78 is 2.20. The molecule has 0 N–H and O–H groups in total. The molecule has 0 aliphatic heterocycles. The summed E-state index contributed by atoms with van der Waals surface area (Å²) in [5.74, 6) is 1.13. The fourth-order valence-electron chi connectivity index (χ4n) is 1.61. The van der Waals surface area contributed by atoms with E-state index in [0.717, 1.165) is 12.3 Å². The van der Waals surface area contributed by atoms with Gasteiger partial charge in [0.05, 0.1) is 0 Å². The lowest BCUT2D eigenvalue weighted by atomic mass is 10.2. The summed E-state index contributed by atoms with van der Waals surface area (Å²) in [5.41, 5.74) is 1.34. The molecule has 2 heteroatoms. The zero-order valence-electron chi connectivity index (χ0n) is 9.47. The zero-order chi connectivity index (χ0) is 11.2. The Kier molecular flexibility index (Phi) is 4.00. The number of nitrogens with zero attached hydrogens (tertiary/aromatic N) is 1. The molecular formula is C14H16NS+. The summed E-state index contributed by atoms with van der Waals surface area (Å²) in [7, 11) is 0. The van der Waals surface area contributed by atoms with Crippen molar-refractivity contribution in [1.29, 1.82) is 0 Å². The fourth-order valence-corrected chi connectivity index (χ4v) is 2.25. The third kappa shape index (κ3) is 3.11. The highest BCUT2D eigenvalue weighted by Gasteiger charge is 2.01. The average molecular weight is 230 g/mol. The molecule has 0 fully saturated rings. The van der Waals surface area contributed by atoms with Crippen molar-refractivity contribution in [3.05, 3.63) is 60.4 Å². The number of benzene rings is 1. The molecule has 0 amide bonds. The lowest BCUT2D eigenvalue weighted by Crippen LogP contribution is -2.32. The lowest BCUT2D eigenvalue weighted by molar-refractivity contribution is -0.688. The van der Waals surface area contributed by atoms with Gasteiger partial charge in [0.2, 0.25) is 0 Å². The summed E-state index contributed by atoms with van der Waals surface area (Å²) >= 11 is 1.88. The van der Waals surface area contributed by atoms with Crippen molar-refractivity contribution in [2.75, 3.05) is 5.75 Å². The predicted molar refractivity (Wildman–Crippen MR) is 68.6 cm³/mol. The fraction of sp³-hybridized carbons (Fsp3) is 0.214. The third-order valence-corrected chi connectivity index (χ3v) is 3.27. The monoisotopic (exact) mass is 230 g/mol. The van der Waals surface area contributed by atoms with Gasteiger partial charge in [0.15, 0.2) is 18.9 Å². The van der Waals surface area contributed by atoms with Crippen molar-refractivity contribution in [3.8, 4) is 0 Å². The van der Waals surface area contributed by atoms with Crippen LogP contribution >= 0.6 is 11.8 Å². The van der Waals surface area contributed by atoms with Gasteiger partial charge in [0, 0.05) is 22.6 Å². The van der Waals surface area contributed by atoms with Crippen molar-refractivity contribution < 1.29 is 4.57 Å². The molecule has 2 aromatic rings. The molecular weight excluding hydrogens is 214 g/mol. The number of hydrogen-bond donors (Lipinski definition) is 0. The zero-order valence-corrected chi connectivity index (χ0v) is 10.3. The standard InChI is InChI=1S/C14H16NS/c1-2-16-14-8-10-15(11-9-14)12-13-6-4-3-5-7-13/h3-11H,2,12H2,1H3/q+1. The molecule has 0 bridgehead atoms. The molecule has 1 aromatic carbocycles. The van der Waals surface area contributed by atoms with Gasteiger partial charge in [-0.15, -0.1) is 11.8 Å². The SMILES string of the molecule is CCSc1cc[n+](Cc2ccccc2)cc1. The highest BCUT2D eigenvalue weighted by atomic mass is 32.2. The number of rotatable bonds is 4. The van der Waals surface area contributed by atoms with Gasteiger partial charge >= 0.3 is 0 Å². The van der Waals surface area contributed by atoms with Crippen LogP contribution in [0.1, 0.15) is 12.5 Å². The average Bonchev–Trinajstić information content (AvgIpc) is 2.33. The quantitative estimate of drug-likeness (QED) is 0.576. The highest BCUT2D eigenvalue weighted by molar-refractivity contribution is 7.99. The largest absolute Gasteiger partial charge is 0.201 e. The van der Waals surface area contributed by atoms with Gasteiger partial charge in [0.25, 0.3) is 0 Å². The molecule has 0 saturated heterocycles. The van der Waals surface area contributed by atoms with E-state index in [1.54, 1.807) is 0 Å². The first-order chi connectivity index (χ1) is 7.88. The molecule has 0 aliphatic carbocycles. The molecule has 1 nitrogen and oxygen atoms in total. The second-order valence-corrected chi connectivity index (χ2v) is 4.96. The van der Waals surface area contributed by atoms with Crippen LogP contribution in [0.2, 0.25) is 0 Å². The molecule has 82 valence electrons. The van der Waals surface area contributed by atoms with Crippen LogP contribution in [0.25, 0.3) is 0 Å². The minimum atomic E-state index is 0.942. The Bertz CT molecular complexity index is 422. The smallest absolute Gasteiger partial charge is 0.173 e. The number of pyridine rings is 1. The normalized spacial score (nSPS) is 10.3. The van der Waals surface area contributed by atoms with Crippen LogP contribution in [-0.2, 0) is 6.54 Å². The van der Waals surface area contributed by atoms with E-state index in [0.29, 0.717) is 0 Å². The molecule has 0 unspecified atom stereocenters. The van der Waals surface area contributed by atoms with Crippen LogP contribution in [-0.4, -0.2) is 5.75 Å². The van der Waals surface area contributed by atoms with Crippen molar-refractivity contribution in [1.82, 2.24) is 0 Å². The number of thioether (sulfide) groups is 1. The molecule has 0 saturated carbocycles. The minimum absolute atomic E-state index is 0.942. The Balaban J connectivity index is 2.05. The van der Waals surface area contributed by atoms with E-state index in [9.17, 15) is 0 Å². The maximum absolute atomic E-state index is 2.20. The lowest BCUT2D eigenvalue weighted by Gasteiger charge is -1.99. The molecule has 0 aliphatic rings. The van der Waals surface area contributed by atoms with Gasteiger partial charge < -0.3 is 0 Å². The Morgan fingerprint density at radius 3 is 2.31 bits per heavy atom. The van der Waals surface area contributed by atoms with Crippen molar-refractivity contribution in [3.63, 3.8) is 0 Å². The van der Waals surface area contributed by atoms with Crippen LogP contribution in [0.3, 0.4) is 0 Å². The van der Waals surface area contributed by atoms with E-state index in [4.69, 9.17) is 0 Å². The van der Waals surface area contributed by atoms with Crippen LogP contribution in [0.5, 0.6) is 0 Å². The van der Waals surface area contributed by atoms with Crippen molar-refractivity contribution in [2.24, 2.45) is 0 Å². The molecule has 16 heavy (non-hydrogen) atoms. The number of aromatic nitrogens is 1. The topological polar surface area (TPSA) is 3.88 Å². The van der Waals surface area contributed by atoms with Crippen LogP contribution in [0, 0.1) is 0 Å². The van der Waals surface area contributed by atoms with E-state index in [1.165, 1.54) is 10.5 Å². The Labute approximate surface area is 101 Å². The Morgan fingerprint density at radius 1 is 1.00 bits per heavy atom. The maximum Gasteiger partial charge on any atom is 0.173 e. The van der Waals surface area contributed by atoms with Gasteiger partial charge in [0.1, 0.15) is 0 Å². The second kappa shape index (κ2) is 5.71. The van der Waals surface area contributed by atoms with E-state index in [-0.39, 0.29) is 0 Å². The first-order valence-corrected chi connectivity index (χ1v) is 6.53. The van der Waals surface area contributed by atoms with E-state index in [2.05, 4.69) is 66.3 Å². The summed E-state index contributed by atoms with van der Waals surface area (Å²) in [6.07, 6.45) is 4.29. The maximum atomic E-state index is 2.20. The van der Waals surface area contributed by atoms with Gasteiger partial charge in [-0.2, -0.15) is 0 Å². The van der Waals surface area contributed by atoms with Gasteiger partial charge in [-0.1, -0.05) is 37.3 Å². The van der Waals surface area contributed by atoms with E-state index < -0.39 is 0 Å². The van der Waals surface area contributed by atoms with Crippen molar-refractivity contribution in [2.45, 2.75) is 18.4 Å². The van der Waals surface area contributed by atoms with E-state index in [1.807, 2.05) is 11.8 Å². The molecule has 1 aromatic heterocycles. The first-order valence-electron chi connectivity index (χ1n) is 5.54. The summed E-state index contributed by atoms with van der Waals surface area (Å²) in [6, 6.07) is 14.9. The van der Waals surface area contributed by atoms with E-state index >= 15 is 0 Å². The summed E-state index contributed by atoms with van der Waals surface area (Å²) in [4.78, 5) is 1.34. The third-order valence-electron chi connectivity index (χ3n) is 2.38. The second-order valence-electron chi connectivity index (χ2n) is 3.62. The van der Waals surface area contributed by atoms with Crippen LogP contribution in [0.4, 0.5) is 0 Å². The molecule has 0 radical (unpaired) electrons. The molecule has 0 spiro atoms. The highest BCUT2D eigenvalue weighted by Crippen LogP contribution is 2.14. The van der Waals surface area contributed by atoms with Crippen LogP contribution in [0.15, 0.2) is 59.8 Å². The van der Waals surface area contributed by atoms with Gasteiger partial charge in [-0.05, 0) is 5.75 Å².